The molecule has 2 aromatic carbocycles. The second-order valence-corrected chi connectivity index (χ2v) is 6.27. The van der Waals surface area contributed by atoms with E-state index in [1.165, 1.54) is 43.5 Å². The predicted octanol–water partition coefficient (Wildman–Crippen LogP) is 4.07. The maximum Gasteiger partial charge on any atom is 0.0401 e. The van der Waals surface area contributed by atoms with Crippen molar-refractivity contribution in [3.8, 4) is 0 Å². The Kier molecular flexibility index (Phi) is 2.99. The number of hydrogen-bond acceptors (Lipinski definition) is 1. The fourth-order valence-corrected chi connectivity index (χ4v) is 4.00. The monoisotopic (exact) mass is 263 g/mol. The predicted molar refractivity (Wildman–Crippen MR) is 84.2 cm³/mol. The molecule has 102 valence electrons. The molecule has 0 aliphatic carbocycles. The van der Waals surface area contributed by atoms with Gasteiger partial charge in [-0.25, -0.2) is 0 Å². The summed E-state index contributed by atoms with van der Waals surface area (Å²) in [6, 6.07) is 20.7. The average molecular weight is 263 g/mol. The fourth-order valence-electron chi connectivity index (χ4n) is 4.00. The average Bonchev–Trinajstić information content (AvgIpc) is 2.91. The molecular weight excluding hydrogens is 242 g/mol. The molecule has 4 rings (SSSR count). The van der Waals surface area contributed by atoms with Crippen molar-refractivity contribution in [2.75, 3.05) is 11.4 Å². The van der Waals surface area contributed by atoms with Crippen LogP contribution in [0.3, 0.4) is 0 Å². The van der Waals surface area contributed by atoms with Crippen LogP contribution in [0.1, 0.15) is 24.0 Å². The lowest BCUT2D eigenvalue weighted by Crippen LogP contribution is -2.33. The van der Waals surface area contributed by atoms with Gasteiger partial charge in [-0.2, -0.15) is 0 Å². The van der Waals surface area contributed by atoms with Crippen molar-refractivity contribution >= 4 is 5.69 Å². The summed E-state index contributed by atoms with van der Waals surface area (Å²) in [4.78, 5) is 2.67. The lowest BCUT2D eigenvalue weighted by molar-refractivity contribution is 0.529. The number of benzene rings is 2. The minimum Gasteiger partial charge on any atom is -0.368 e. The van der Waals surface area contributed by atoms with Crippen molar-refractivity contribution in [3.63, 3.8) is 0 Å². The standard InChI is InChI=1S/C19H21N/c1-2-6-15(7-3-1)12-16-13-18-11-10-17-8-4-5-9-19(17)20(18)14-16/h1-9,16,18H,10-14H2/t16-,18-/m0/s1. The van der Waals surface area contributed by atoms with Crippen LogP contribution in [0, 0.1) is 5.92 Å². The minimum atomic E-state index is 0.776. The molecule has 1 nitrogen and oxygen atoms in total. The molecule has 0 N–H and O–H groups in total. The van der Waals surface area contributed by atoms with Gasteiger partial charge in [0.1, 0.15) is 0 Å². The van der Waals surface area contributed by atoms with Crippen LogP contribution in [0.25, 0.3) is 0 Å². The summed E-state index contributed by atoms with van der Waals surface area (Å²) in [5, 5.41) is 0. The molecule has 0 unspecified atom stereocenters. The number of hydrogen-bond donors (Lipinski definition) is 0. The third-order valence-corrected chi connectivity index (χ3v) is 4.92. The van der Waals surface area contributed by atoms with E-state index >= 15 is 0 Å². The van der Waals surface area contributed by atoms with E-state index in [4.69, 9.17) is 0 Å². The zero-order valence-electron chi connectivity index (χ0n) is 11.8. The number of para-hydroxylation sites is 1. The molecule has 2 heterocycles. The van der Waals surface area contributed by atoms with Gasteiger partial charge < -0.3 is 4.90 Å². The second kappa shape index (κ2) is 4.97. The third-order valence-electron chi connectivity index (χ3n) is 4.92. The van der Waals surface area contributed by atoms with Crippen LogP contribution in [-0.4, -0.2) is 12.6 Å². The Morgan fingerprint density at radius 3 is 2.65 bits per heavy atom. The van der Waals surface area contributed by atoms with Gasteiger partial charge in [0.2, 0.25) is 0 Å². The molecule has 20 heavy (non-hydrogen) atoms. The number of rotatable bonds is 2. The third kappa shape index (κ3) is 2.11. The van der Waals surface area contributed by atoms with Crippen molar-refractivity contribution in [2.24, 2.45) is 5.92 Å². The van der Waals surface area contributed by atoms with Gasteiger partial charge in [-0.05, 0) is 48.8 Å². The first-order valence-corrected chi connectivity index (χ1v) is 7.78. The Labute approximate surface area is 121 Å². The van der Waals surface area contributed by atoms with Gasteiger partial charge >= 0.3 is 0 Å². The Morgan fingerprint density at radius 2 is 1.75 bits per heavy atom. The van der Waals surface area contributed by atoms with Gasteiger partial charge in [0.15, 0.2) is 0 Å². The van der Waals surface area contributed by atoms with Gasteiger partial charge in [-0.15, -0.1) is 0 Å². The Hall–Kier alpha value is -1.76. The summed E-state index contributed by atoms with van der Waals surface area (Å²) in [6.07, 6.45) is 5.19. The normalized spacial score (nSPS) is 24.3. The lowest BCUT2D eigenvalue weighted by Gasteiger charge is -2.33. The summed E-state index contributed by atoms with van der Waals surface area (Å²) >= 11 is 0. The lowest BCUT2D eigenvalue weighted by atomic mass is 9.93. The van der Waals surface area contributed by atoms with E-state index in [9.17, 15) is 0 Å². The van der Waals surface area contributed by atoms with E-state index in [0.29, 0.717) is 0 Å². The maximum absolute atomic E-state index is 2.67. The summed E-state index contributed by atoms with van der Waals surface area (Å²) < 4.78 is 0. The second-order valence-electron chi connectivity index (χ2n) is 6.27. The summed E-state index contributed by atoms with van der Waals surface area (Å²) in [5.74, 6) is 0.813. The molecule has 2 aliphatic rings. The smallest absolute Gasteiger partial charge is 0.0401 e. The molecule has 1 fully saturated rings. The van der Waals surface area contributed by atoms with E-state index in [2.05, 4.69) is 59.5 Å². The summed E-state index contributed by atoms with van der Waals surface area (Å²) in [5.41, 5.74) is 4.54. The van der Waals surface area contributed by atoms with E-state index in [1.54, 1.807) is 5.56 Å². The Bertz CT molecular complexity index is 590. The van der Waals surface area contributed by atoms with Crippen molar-refractivity contribution in [1.82, 2.24) is 0 Å². The first kappa shape index (κ1) is 12.0. The van der Waals surface area contributed by atoms with Crippen LogP contribution in [0.15, 0.2) is 54.6 Å². The molecule has 0 radical (unpaired) electrons. The van der Waals surface area contributed by atoms with Gasteiger partial charge in [-0.3, -0.25) is 0 Å². The highest BCUT2D eigenvalue weighted by atomic mass is 15.2. The van der Waals surface area contributed by atoms with Crippen LogP contribution in [-0.2, 0) is 12.8 Å². The number of aryl methyl sites for hydroxylation is 1. The van der Waals surface area contributed by atoms with E-state index in [1.807, 2.05) is 0 Å². The van der Waals surface area contributed by atoms with Crippen LogP contribution in [0.2, 0.25) is 0 Å². The highest BCUT2D eigenvalue weighted by Crippen LogP contribution is 2.38. The molecule has 1 heteroatoms. The maximum atomic E-state index is 2.67. The van der Waals surface area contributed by atoms with E-state index in [-0.39, 0.29) is 0 Å². The van der Waals surface area contributed by atoms with Crippen molar-refractivity contribution < 1.29 is 0 Å². The molecule has 2 aromatic rings. The highest BCUT2D eigenvalue weighted by Gasteiger charge is 2.35. The van der Waals surface area contributed by atoms with Gasteiger partial charge in [-0.1, -0.05) is 48.5 Å². The SMILES string of the molecule is c1ccc(C[C@H]2C[C@@H]3CCc4ccccc4N3C2)cc1. The van der Waals surface area contributed by atoms with E-state index in [0.717, 1.165) is 12.0 Å². The number of anilines is 1. The quantitative estimate of drug-likeness (QED) is 0.789. The number of fused-ring (bicyclic) bond motifs is 3. The zero-order chi connectivity index (χ0) is 13.4. The van der Waals surface area contributed by atoms with Gasteiger partial charge in [0, 0.05) is 18.3 Å². The van der Waals surface area contributed by atoms with Crippen LogP contribution >= 0.6 is 0 Å². The fraction of sp³-hybridized carbons (Fsp3) is 0.368. The van der Waals surface area contributed by atoms with Gasteiger partial charge in [0.05, 0.1) is 0 Å². The summed E-state index contributed by atoms with van der Waals surface area (Å²) in [6.45, 7) is 1.23. The molecule has 0 saturated carbocycles. The molecule has 2 aliphatic heterocycles. The first-order chi connectivity index (χ1) is 9.90. The topological polar surface area (TPSA) is 3.24 Å². The van der Waals surface area contributed by atoms with Crippen molar-refractivity contribution in [3.05, 3.63) is 65.7 Å². The Morgan fingerprint density at radius 1 is 0.950 bits per heavy atom. The molecule has 0 spiro atoms. The summed E-state index contributed by atoms with van der Waals surface area (Å²) in [7, 11) is 0. The Balaban J connectivity index is 1.53. The van der Waals surface area contributed by atoms with Crippen LogP contribution < -0.4 is 4.90 Å². The molecule has 0 bridgehead atoms. The number of nitrogens with zero attached hydrogens (tertiary/aromatic N) is 1. The zero-order valence-corrected chi connectivity index (χ0v) is 11.8. The highest BCUT2D eigenvalue weighted by molar-refractivity contribution is 5.57. The van der Waals surface area contributed by atoms with Crippen molar-refractivity contribution in [2.45, 2.75) is 31.7 Å². The molecule has 1 saturated heterocycles. The molecule has 0 amide bonds. The van der Waals surface area contributed by atoms with Crippen molar-refractivity contribution in [1.29, 1.82) is 0 Å². The van der Waals surface area contributed by atoms with Crippen LogP contribution in [0.5, 0.6) is 0 Å². The minimum absolute atomic E-state index is 0.776. The molecule has 2 atom stereocenters. The largest absolute Gasteiger partial charge is 0.368 e. The molecule has 0 aromatic heterocycles. The van der Waals surface area contributed by atoms with Crippen LogP contribution in [0.4, 0.5) is 5.69 Å². The van der Waals surface area contributed by atoms with E-state index < -0.39 is 0 Å². The molecular formula is C19H21N. The van der Waals surface area contributed by atoms with Gasteiger partial charge in [0.25, 0.3) is 0 Å². The first-order valence-electron chi connectivity index (χ1n) is 7.78.